The van der Waals surface area contributed by atoms with Crippen LogP contribution in [0.1, 0.15) is 30.2 Å². The number of nitrogens with zero attached hydrogens (tertiary/aromatic N) is 3. The summed E-state index contributed by atoms with van der Waals surface area (Å²) in [6.45, 7) is 2.55. The molecule has 41 heavy (non-hydrogen) atoms. The van der Waals surface area contributed by atoms with Crippen LogP contribution >= 0.6 is 0 Å². The number of aliphatic hydroxyl groups is 1. The van der Waals surface area contributed by atoms with Crippen molar-refractivity contribution < 1.29 is 47.1 Å². The molecule has 2 N–H and O–H groups in total. The van der Waals surface area contributed by atoms with Gasteiger partial charge in [-0.1, -0.05) is 35.5 Å². The molecule has 1 saturated heterocycles. The summed E-state index contributed by atoms with van der Waals surface area (Å²) in [6, 6.07) is 14.7. The summed E-state index contributed by atoms with van der Waals surface area (Å²) in [7, 11) is 0. The molecule has 14 heteroatoms. The first-order valence-corrected chi connectivity index (χ1v) is 12.3. The summed E-state index contributed by atoms with van der Waals surface area (Å²) in [5.74, 6) is -3.29. The first kappa shape index (κ1) is 27.8. The maximum Gasteiger partial charge on any atom is 0.493 e. The van der Waals surface area contributed by atoms with E-state index in [9.17, 15) is 32.7 Å². The molecule has 5 rings (SSSR count). The van der Waals surface area contributed by atoms with Gasteiger partial charge in [-0.25, -0.2) is 9.59 Å². The fraction of sp³-hybridized carbons (Fsp3) is 0.296. The fourth-order valence-electron chi connectivity index (χ4n) is 4.68. The lowest BCUT2D eigenvalue weighted by Gasteiger charge is -2.30. The lowest BCUT2D eigenvalue weighted by molar-refractivity contribution is -0.233. The number of amides is 3. The number of pyridine rings is 1. The van der Waals surface area contributed by atoms with Gasteiger partial charge in [0.15, 0.2) is 11.1 Å². The van der Waals surface area contributed by atoms with E-state index in [0.717, 1.165) is 29.1 Å². The Morgan fingerprint density at radius 1 is 1.17 bits per heavy atom. The molecule has 2 aromatic carbocycles. The molecule has 214 valence electrons. The van der Waals surface area contributed by atoms with Crippen molar-refractivity contribution in [1.82, 2.24) is 15.4 Å². The standard InChI is InChI=1S/C27H23F3N4O7/c1-15-11-16(19-5-3-4-6-20(19)31-15)13-39-18-9-7-17(8-10-18)26(14-35)12-21(33-41-26)25(2)22(36)32-24(38)34(25)40-23(37)27(28,29)30/h3-11,35H,12-14H2,1-2H3,(H,32,36,38). The number of benzene rings is 2. The molecule has 2 aliphatic heterocycles. The Morgan fingerprint density at radius 3 is 2.56 bits per heavy atom. The largest absolute Gasteiger partial charge is 0.493 e. The van der Waals surface area contributed by atoms with Crippen molar-refractivity contribution in [1.29, 1.82) is 0 Å². The average Bonchev–Trinajstić information content (AvgIpc) is 3.48. The van der Waals surface area contributed by atoms with Crippen molar-refractivity contribution in [2.45, 2.75) is 44.2 Å². The molecule has 3 amide bonds. The average molecular weight is 572 g/mol. The maximum absolute atomic E-state index is 12.8. The predicted octanol–water partition coefficient (Wildman–Crippen LogP) is 3.42. The van der Waals surface area contributed by atoms with Crippen LogP contribution in [-0.4, -0.2) is 57.1 Å². The number of urea groups is 1. The van der Waals surface area contributed by atoms with E-state index in [4.69, 9.17) is 9.57 Å². The van der Waals surface area contributed by atoms with Crippen LogP contribution in [0.5, 0.6) is 5.75 Å². The number of para-hydroxylation sites is 1. The van der Waals surface area contributed by atoms with E-state index in [2.05, 4.69) is 15.0 Å². The van der Waals surface area contributed by atoms with Crippen LogP contribution in [0, 0.1) is 6.92 Å². The molecule has 2 atom stereocenters. The number of alkyl halides is 3. The summed E-state index contributed by atoms with van der Waals surface area (Å²) in [5.41, 5.74) is -1.01. The van der Waals surface area contributed by atoms with Crippen LogP contribution in [0.3, 0.4) is 0 Å². The summed E-state index contributed by atoms with van der Waals surface area (Å²) < 4.78 is 44.4. The normalized spacial score (nSPS) is 22.4. The number of aryl methyl sites for hydroxylation is 1. The second-order valence-corrected chi connectivity index (χ2v) is 9.71. The number of imide groups is 1. The lowest BCUT2D eigenvalue weighted by Crippen LogP contribution is -2.55. The minimum Gasteiger partial charge on any atom is -0.489 e. The molecular weight excluding hydrogens is 549 g/mol. The number of nitrogens with one attached hydrogen (secondary N) is 1. The van der Waals surface area contributed by atoms with Gasteiger partial charge >= 0.3 is 18.2 Å². The number of aromatic nitrogens is 1. The maximum atomic E-state index is 12.8. The van der Waals surface area contributed by atoms with Gasteiger partial charge in [0.25, 0.3) is 5.91 Å². The number of fused-ring (bicyclic) bond motifs is 1. The molecule has 2 unspecified atom stereocenters. The Balaban J connectivity index is 1.33. The Morgan fingerprint density at radius 2 is 1.88 bits per heavy atom. The number of rotatable bonds is 7. The first-order valence-electron chi connectivity index (χ1n) is 12.3. The molecule has 0 spiro atoms. The Labute approximate surface area is 230 Å². The minimum absolute atomic E-state index is 0.0255. The number of hydroxylamine groups is 2. The molecule has 1 fully saturated rings. The van der Waals surface area contributed by atoms with Gasteiger partial charge in [-0.2, -0.15) is 13.2 Å². The third-order valence-corrected chi connectivity index (χ3v) is 6.96. The molecule has 2 aliphatic rings. The van der Waals surface area contributed by atoms with E-state index in [1.807, 2.05) is 42.6 Å². The topological polar surface area (TPSA) is 140 Å². The molecular formula is C27H23F3N4O7. The number of carbonyl (C=O) groups excluding carboxylic acids is 3. The van der Waals surface area contributed by atoms with E-state index in [-0.39, 0.29) is 23.8 Å². The number of hydrogen-bond donors (Lipinski definition) is 2. The van der Waals surface area contributed by atoms with Gasteiger partial charge in [-0.05, 0) is 38.1 Å². The van der Waals surface area contributed by atoms with Crippen molar-refractivity contribution in [2.75, 3.05) is 6.61 Å². The third-order valence-electron chi connectivity index (χ3n) is 6.96. The summed E-state index contributed by atoms with van der Waals surface area (Å²) in [5, 5.41) is 16.8. The number of hydrogen-bond acceptors (Lipinski definition) is 9. The molecule has 0 bridgehead atoms. The monoisotopic (exact) mass is 572 g/mol. The zero-order valence-corrected chi connectivity index (χ0v) is 21.7. The zero-order valence-electron chi connectivity index (χ0n) is 21.7. The van der Waals surface area contributed by atoms with Gasteiger partial charge in [0, 0.05) is 28.6 Å². The van der Waals surface area contributed by atoms with Gasteiger partial charge in [0.1, 0.15) is 18.1 Å². The second-order valence-electron chi connectivity index (χ2n) is 9.71. The Kier molecular flexibility index (Phi) is 6.81. The highest BCUT2D eigenvalue weighted by atomic mass is 19.4. The molecule has 3 aromatic rings. The van der Waals surface area contributed by atoms with Crippen LogP contribution in [-0.2, 0) is 31.5 Å². The van der Waals surface area contributed by atoms with Crippen LogP contribution in [0.15, 0.2) is 59.8 Å². The van der Waals surface area contributed by atoms with Crippen molar-refractivity contribution >= 4 is 34.5 Å². The summed E-state index contributed by atoms with van der Waals surface area (Å²) in [6.07, 6.45) is -5.74. The van der Waals surface area contributed by atoms with Gasteiger partial charge in [-0.15, -0.1) is 5.06 Å². The van der Waals surface area contributed by atoms with Gasteiger partial charge in [0.05, 0.1) is 12.1 Å². The highest BCUT2D eigenvalue weighted by Gasteiger charge is 2.61. The minimum atomic E-state index is -5.43. The summed E-state index contributed by atoms with van der Waals surface area (Å²) >= 11 is 0. The van der Waals surface area contributed by atoms with Crippen LogP contribution in [0.2, 0.25) is 0 Å². The van der Waals surface area contributed by atoms with Gasteiger partial charge in [-0.3, -0.25) is 15.1 Å². The van der Waals surface area contributed by atoms with Gasteiger partial charge < -0.3 is 19.5 Å². The molecule has 0 saturated carbocycles. The highest BCUT2D eigenvalue weighted by molar-refractivity contribution is 6.22. The zero-order chi connectivity index (χ0) is 29.6. The first-order chi connectivity index (χ1) is 19.4. The number of aliphatic hydroxyl groups excluding tert-OH is 1. The second kappa shape index (κ2) is 10.0. The smallest absolute Gasteiger partial charge is 0.489 e. The molecule has 1 aromatic heterocycles. The number of halogens is 3. The van der Waals surface area contributed by atoms with Crippen molar-refractivity contribution in [3.63, 3.8) is 0 Å². The van der Waals surface area contributed by atoms with E-state index in [1.54, 1.807) is 24.3 Å². The van der Waals surface area contributed by atoms with Crippen LogP contribution in [0.4, 0.5) is 18.0 Å². The van der Waals surface area contributed by atoms with E-state index in [0.29, 0.717) is 11.3 Å². The van der Waals surface area contributed by atoms with E-state index >= 15 is 0 Å². The predicted molar refractivity (Wildman–Crippen MR) is 135 cm³/mol. The molecule has 0 aliphatic carbocycles. The van der Waals surface area contributed by atoms with E-state index < -0.39 is 41.8 Å². The lowest BCUT2D eigenvalue weighted by atomic mass is 9.83. The quantitative estimate of drug-likeness (QED) is 0.411. The number of ether oxygens (including phenoxy) is 1. The highest BCUT2D eigenvalue weighted by Crippen LogP contribution is 2.40. The van der Waals surface area contributed by atoms with Crippen molar-refractivity contribution in [3.8, 4) is 5.75 Å². The fourth-order valence-corrected chi connectivity index (χ4v) is 4.68. The number of oxime groups is 1. The van der Waals surface area contributed by atoms with Crippen molar-refractivity contribution in [3.05, 3.63) is 71.4 Å². The Hall–Kier alpha value is -4.72. The Bertz CT molecular complexity index is 1580. The van der Waals surface area contributed by atoms with Crippen LogP contribution < -0.4 is 10.1 Å². The van der Waals surface area contributed by atoms with E-state index in [1.165, 1.54) is 0 Å². The summed E-state index contributed by atoms with van der Waals surface area (Å²) in [4.78, 5) is 50.5. The molecule has 11 nitrogen and oxygen atoms in total. The van der Waals surface area contributed by atoms with Crippen molar-refractivity contribution in [2.24, 2.45) is 5.16 Å². The number of carbonyl (C=O) groups is 3. The van der Waals surface area contributed by atoms with Crippen LogP contribution in [0.25, 0.3) is 10.9 Å². The van der Waals surface area contributed by atoms with Gasteiger partial charge in [0.2, 0.25) is 0 Å². The molecule has 3 heterocycles. The SMILES string of the molecule is Cc1cc(COc2ccc(C3(CO)CC(C4(C)C(=O)NC(=O)N4OC(=O)C(F)(F)F)=NO3)cc2)c2ccccc2n1. The third kappa shape index (κ3) is 4.90. The molecule has 0 radical (unpaired) electrons.